The molecule has 8 heteroatoms. The standard InChI is InChI=1S/C13H19N5O3/c1-19-10-7-9(8-11(20-2)12(10)21-3)13-15-16-17-18(13)6-4-5-14/h7-8H,4-6,14H2,1-3H3. The fraction of sp³-hybridized carbons (Fsp3) is 0.462. The zero-order valence-corrected chi connectivity index (χ0v) is 12.4. The molecule has 0 spiro atoms. The van der Waals surface area contributed by atoms with Crippen LogP contribution in [-0.4, -0.2) is 48.1 Å². The predicted molar refractivity (Wildman–Crippen MR) is 76.6 cm³/mol. The summed E-state index contributed by atoms with van der Waals surface area (Å²) in [6.07, 6.45) is 0.794. The van der Waals surface area contributed by atoms with Crippen molar-refractivity contribution in [1.29, 1.82) is 0 Å². The molecule has 0 saturated carbocycles. The van der Waals surface area contributed by atoms with Crippen LogP contribution in [0.15, 0.2) is 12.1 Å². The Bertz CT molecular complexity index is 574. The summed E-state index contributed by atoms with van der Waals surface area (Å²) < 4.78 is 17.7. The first-order valence-corrected chi connectivity index (χ1v) is 6.51. The van der Waals surface area contributed by atoms with Crippen LogP contribution in [0.5, 0.6) is 17.2 Å². The Morgan fingerprint density at radius 1 is 1.10 bits per heavy atom. The van der Waals surface area contributed by atoms with Gasteiger partial charge in [-0.3, -0.25) is 0 Å². The average molecular weight is 293 g/mol. The maximum atomic E-state index is 5.52. The van der Waals surface area contributed by atoms with Crippen LogP contribution in [-0.2, 0) is 6.54 Å². The van der Waals surface area contributed by atoms with Gasteiger partial charge >= 0.3 is 0 Å². The number of aryl methyl sites for hydroxylation is 1. The molecule has 2 aromatic rings. The number of hydrogen-bond donors (Lipinski definition) is 1. The topological polar surface area (TPSA) is 97.3 Å². The highest BCUT2D eigenvalue weighted by atomic mass is 16.5. The number of benzene rings is 1. The molecule has 0 aliphatic rings. The minimum atomic E-state index is 0.532. The summed E-state index contributed by atoms with van der Waals surface area (Å²) in [6.45, 7) is 1.23. The highest BCUT2D eigenvalue weighted by molar-refractivity contribution is 5.66. The van der Waals surface area contributed by atoms with Crippen LogP contribution in [0.25, 0.3) is 11.4 Å². The normalized spacial score (nSPS) is 10.5. The molecule has 1 aromatic heterocycles. The summed E-state index contributed by atoms with van der Waals surface area (Å²) in [5.41, 5.74) is 6.31. The highest BCUT2D eigenvalue weighted by Gasteiger charge is 2.17. The van der Waals surface area contributed by atoms with Crippen LogP contribution >= 0.6 is 0 Å². The molecule has 0 unspecified atom stereocenters. The zero-order valence-electron chi connectivity index (χ0n) is 12.4. The van der Waals surface area contributed by atoms with E-state index in [9.17, 15) is 0 Å². The minimum absolute atomic E-state index is 0.532. The molecule has 2 rings (SSSR count). The Hall–Kier alpha value is -2.35. The number of aromatic nitrogens is 4. The maximum absolute atomic E-state index is 5.52. The van der Waals surface area contributed by atoms with E-state index >= 15 is 0 Å². The smallest absolute Gasteiger partial charge is 0.203 e. The van der Waals surface area contributed by atoms with Gasteiger partial charge in [-0.15, -0.1) is 5.10 Å². The van der Waals surface area contributed by atoms with Gasteiger partial charge in [0.1, 0.15) is 0 Å². The van der Waals surface area contributed by atoms with Crippen LogP contribution in [0.2, 0.25) is 0 Å². The van der Waals surface area contributed by atoms with E-state index in [0.717, 1.165) is 12.0 Å². The molecule has 1 aromatic carbocycles. The third-order valence-electron chi connectivity index (χ3n) is 3.03. The maximum Gasteiger partial charge on any atom is 0.203 e. The first-order chi connectivity index (χ1) is 10.2. The number of ether oxygens (including phenoxy) is 3. The van der Waals surface area contributed by atoms with Crippen molar-refractivity contribution in [2.24, 2.45) is 5.73 Å². The Balaban J connectivity index is 2.47. The number of rotatable bonds is 7. The van der Waals surface area contributed by atoms with Crippen molar-refractivity contribution < 1.29 is 14.2 Å². The van der Waals surface area contributed by atoms with Crippen molar-refractivity contribution in [3.63, 3.8) is 0 Å². The predicted octanol–water partition coefficient (Wildman–Crippen LogP) is 0.715. The number of hydrogen-bond acceptors (Lipinski definition) is 7. The van der Waals surface area contributed by atoms with E-state index in [2.05, 4.69) is 15.5 Å². The largest absolute Gasteiger partial charge is 0.493 e. The lowest BCUT2D eigenvalue weighted by Crippen LogP contribution is -2.08. The van der Waals surface area contributed by atoms with Gasteiger partial charge in [-0.1, -0.05) is 0 Å². The van der Waals surface area contributed by atoms with Crippen LogP contribution < -0.4 is 19.9 Å². The first kappa shape index (κ1) is 15.0. The lowest BCUT2D eigenvalue weighted by atomic mass is 10.1. The summed E-state index contributed by atoms with van der Waals surface area (Å²) in [7, 11) is 4.70. The van der Waals surface area contributed by atoms with Gasteiger partial charge in [0.25, 0.3) is 0 Å². The monoisotopic (exact) mass is 293 g/mol. The van der Waals surface area contributed by atoms with E-state index in [0.29, 0.717) is 36.2 Å². The van der Waals surface area contributed by atoms with Crippen molar-refractivity contribution in [1.82, 2.24) is 20.2 Å². The second kappa shape index (κ2) is 6.89. The molecule has 0 radical (unpaired) electrons. The Morgan fingerprint density at radius 2 is 1.76 bits per heavy atom. The Kier molecular flexibility index (Phi) is 4.94. The average Bonchev–Trinajstić information content (AvgIpc) is 2.99. The summed E-state index contributed by atoms with van der Waals surface area (Å²) in [4.78, 5) is 0. The third-order valence-corrected chi connectivity index (χ3v) is 3.03. The first-order valence-electron chi connectivity index (χ1n) is 6.51. The SMILES string of the molecule is COc1cc(-c2nnnn2CCCN)cc(OC)c1OC. The van der Waals surface area contributed by atoms with Crippen LogP contribution in [0.3, 0.4) is 0 Å². The molecular weight excluding hydrogens is 274 g/mol. The van der Waals surface area contributed by atoms with E-state index < -0.39 is 0 Å². The van der Waals surface area contributed by atoms with E-state index in [4.69, 9.17) is 19.9 Å². The highest BCUT2D eigenvalue weighted by Crippen LogP contribution is 2.40. The van der Waals surface area contributed by atoms with E-state index in [-0.39, 0.29) is 0 Å². The molecule has 0 aliphatic heterocycles. The summed E-state index contributed by atoms with van der Waals surface area (Å²) in [5.74, 6) is 2.27. The Labute approximate surface area is 122 Å². The molecule has 114 valence electrons. The number of nitrogens with two attached hydrogens (primary N) is 1. The summed E-state index contributed by atoms with van der Waals surface area (Å²) in [5, 5.41) is 11.7. The van der Waals surface area contributed by atoms with Gasteiger partial charge in [0.15, 0.2) is 17.3 Å². The van der Waals surface area contributed by atoms with Crippen molar-refractivity contribution in [3.05, 3.63) is 12.1 Å². The van der Waals surface area contributed by atoms with E-state index in [1.807, 2.05) is 12.1 Å². The van der Waals surface area contributed by atoms with E-state index in [1.165, 1.54) is 0 Å². The van der Waals surface area contributed by atoms with Crippen LogP contribution in [0, 0.1) is 0 Å². The quantitative estimate of drug-likeness (QED) is 0.803. The van der Waals surface area contributed by atoms with Crippen molar-refractivity contribution in [3.8, 4) is 28.6 Å². The fourth-order valence-electron chi connectivity index (χ4n) is 2.01. The zero-order chi connectivity index (χ0) is 15.2. The van der Waals surface area contributed by atoms with Gasteiger partial charge in [0.2, 0.25) is 5.75 Å². The molecule has 0 atom stereocenters. The lowest BCUT2D eigenvalue weighted by molar-refractivity contribution is 0.324. The molecule has 0 aliphatic carbocycles. The molecule has 21 heavy (non-hydrogen) atoms. The van der Waals surface area contributed by atoms with Crippen molar-refractivity contribution in [2.45, 2.75) is 13.0 Å². The van der Waals surface area contributed by atoms with Crippen molar-refractivity contribution >= 4 is 0 Å². The molecule has 0 bridgehead atoms. The van der Waals surface area contributed by atoms with Crippen molar-refractivity contribution in [2.75, 3.05) is 27.9 Å². The second-order valence-electron chi connectivity index (χ2n) is 4.28. The number of nitrogens with zero attached hydrogens (tertiary/aromatic N) is 4. The summed E-state index contributed by atoms with van der Waals surface area (Å²) >= 11 is 0. The fourth-order valence-corrected chi connectivity index (χ4v) is 2.01. The van der Waals surface area contributed by atoms with Gasteiger partial charge in [-0.25, -0.2) is 4.68 Å². The molecular formula is C13H19N5O3. The van der Waals surface area contributed by atoms with Gasteiger partial charge < -0.3 is 19.9 Å². The molecule has 8 nitrogen and oxygen atoms in total. The second-order valence-corrected chi connectivity index (χ2v) is 4.28. The van der Waals surface area contributed by atoms with Gasteiger partial charge in [0, 0.05) is 12.1 Å². The molecule has 2 N–H and O–H groups in total. The van der Waals surface area contributed by atoms with Gasteiger partial charge in [-0.2, -0.15) is 0 Å². The van der Waals surface area contributed by atoms with Gasteiger partial charge in [-0.05, 0) is 35.5 Å². The number of methoxy groups -OCH3 is 3. The third kappa shape index (κ3) is 3.05. The van der Waals surface area contributed by atoms with Crippen LogP contribution in [0.1, 0.15) is 6.42 Å². The van der Waals surface area contributed by atoms with E-state index in [1.54, 1.807) is 26.0 Å². The molecule has 0 amide bonds. The minimum Gasteiger partial charge on any atom is -0.493 e. The lowest BCUT2D eigenvalue weighted by Gasteiger charge is -2.13. The Morgan fingerprint density at radius 3 is 2.29 bits per heavy atom. The number of tetrazole rings is 1. The molecule has 0 saturated heterocycles. The summed E-state index contributed by atoms with van der Waals surface area (Å²) in [6, 6.07) is 3.62. The molecule has 1 heterocycles. The van der Waals surface area contributed by atoms with Gasteiger partial charge in [0.05, 0.1) is 21.3 Å². The molecule has 0 fully saturated rings. The van der Waals surface area contributed by atoms with Crippen LogP contribution in [0.4, 0.5) is 0 Å².